The zero-order chi connectivity index (χ0) is 15.7. The van der Waals surface area contributed by atoms with Crippen LogP contribution in [0.5, 0.6) is 5.75 Å². The first-order chi connectivity index (χ1) is 10.6. The normalized spacial score (nSPS) is 17.5. The standard InChI is InChI=1S/C16H14ClN3O2/c1-22-14-4-2-3-10-11(14)7-13(21)16(18)20-15(10)12-6-5-9(17)8-19-12/h2-6,8,16H,7,18H2,1H3. The summed E-state index contributed by atoms with van der Waals surface area (Å²) in [6.45, 7) is 0. The van der Waals surface area contributed by atoms with Crippen molar-refractivity contribution >= 4 is 23.1 Å². The van der Waals surface area contributed by atoms with Gasteiger partial charge in [-0.3, -0.25) is 14.8 Å². The van der Waals surface area contributed by atoms with Gasteiger partial charge in [-0.25, -0.2) is 0 Å². The highest BCUT2D eigenvalue weighted by Crippen LogP contribution is 2.28. The van der Waals surface area contributed by atoms with Gasteiger partial charge in [0.15, 0.2) is 11.9 Å². The number of nitrogens with two attached hydrogens (primary N) is 1. The van der Waals surface area contributed by atoms with Gasteiger partial charge in [-0.05, 0) is 18.2 Å². The maximum atomic E-state index is 12.1. The molecule has 6 heteroatoms. The smallest absolute Gasteiger partial charge is 0.176 e. The summed E-state index contributed by atoms with van der Waals surface area (Å²) in [6.07, 6.45) is 0.808. The van der Waals surface area contributed by atoms with E-state index in [4.69, 9.17) is 22.1 Å². The van der Waals surface area contributed by atoms with Crippen molar-refractivity contribution in [3.05, 3.63) is 58.4 Å². The van der Waals surface area contributed by atoms with Crippen LogP contribution in [-0.4, -0.2) is 29.8 Å². The monoisotopic (exact) mass is 315 g/mol. The van der Waals surface area contributed by atoms with Gasteiger partial charge in [0.05, 0.1) is 23.5 Å². The molecule has 1 aromatic carbocycles. The maximum Gasteiger partial charge on any atom is 0.176 e. The minimum Gasteiger partial charge on any atom is -0.496 e. The summed E-state index contributed by atoms with van der Waals surface area (Å²) in [5, 5.41) is 0.532. The topological polar surface area (TPSA) is 77.6 Å². The largest absolute Gasteiger partial charge is 0.496 e. The molecule has 1 unspecified atom stereocenters. The number of aliphatic imine (C=N–C) groups is 1. The number of nitrogens with zero attached hydrogens (tertiary/aromatic N) is 2. The first kappa shape index (κ1) is 14.7. The Hall–Kier alpha value is -2.24. The molecule has 0 saturated heterocycles. The number of ketones is 1. The number of rotatable bonds is 2. The summed E-state index contributed by atoms with van der Waals surface area (Å²) in [4.78, 5) is 20.8. The number of pyridine rings is 1. The molecule has 2 N–H and O–H groups in total. The first-order valence-corrected chi connectivity index (χ1v) is 7.12. The molecule has 112 valence electrons. The third-order valence-corrected chi connectivity index (χ3v) is 3.75. The Morgan fingerprint density at radius 1 is 1.32 bits per heavy atom. The summed E-state index contributed by atoms with van der Waals surface area (Å²) >= 11 is 5.88. The van der Waals surface area contributed by atoms with Gasteiger partial charge in [-0.15, -0.1) is 0 Å². The van der Waals surface area contributed by atoms with Crippen molar-refractivity contribution in [2.24, 2.45) is 10.7 Å². The molecule has 0 spiro atoms. The Morgan fingerprint density at radius 2 is 2.14 bits per heavy atom. The number of hydrogen-bond donors (Lipinski definition) is 1. The molecule has 1 aliphatic heterocycles. The molecule has 1 atom stereocenters. The number of benzene rings is 1. The number of carbonyl (C=O) groups is 1. The minimum absolute atomic E-state index is 0.158. The lowest BCUT2D eigenvalue weighted by atomic mass is 9.97. The van der Waals surface area contributed by atoms with E-state index in [-0.39, 0.29) is 12.2 Å². The molecule has 2 heterocycles. The number of ether oxygens (including phenoxy) is 1. The van der Waals surface area contributed by atoms with Gasteiger partial charge in [0, 0.05) is 23.7 Å². The number of Topliss-reactive ketones (excluding diaryl/α,β-unsaturated/α-hetero) is 1. The SMILES string of the molecule is COc1cccc2c1CC(=O)C(N)N=C2c1ccc(Cl)cn1. The summed E-state index contributed by atoms with van der Waals surface area (Å²) < 4.78 is 5.37. The fraction of sp³-hybridized carbons (Fsp3) is 0.188. The second-order valence-electron chi connectivity index (χ2n) is 4.91. The highest BCUT2D eigenvalue weighted by Gasteiger charge is 2.26. The van der Waals surface area contributed by atoms with E-state index in [9.17, 15) is 4.79 Å². The van der Waals surface area contributed by atoms with Crippen LogP contribution in [0, 0.1) is 0 Å². The van der Waals surface area contributed by atoms with Crippen molar-refractivity contribution in [1.29, 1.82) is 0 Å². The van der Waals surface area contributed by atoms with Crippen LogP contribution in [0.1, 0.15) is 16.8 Å². The molecule has 1 aliphatic rings. The van der Waals surface area contributed by atoms with Crippen LogP contribution in [0.2, 0.25) is 5.02 Å². The number of carbonyl (C=O) groups excluding carboxylic acids is 1. The Labute approximate surface area is 132 Å². The van der Waals surface area contributed by atoms with E-state index >= 15 is 0 Å². The van der Waals surface area contributed by atoms with Gasteiger partial charge in [0.1, 0.15) is 5.75 Å². The molecule has 3 rings (SSSR count). The lowest BCUT2D eigenvalue weighted by Crippen LogP contribution is -2.29. The van der Waals surface area contributed by atoms with E-state index in [0.29, 0.717) is 22.2 Å². The van der Waals surface area contributed by atoms with Crippen molar-refractivity contribution in [1.82, 2.24) is 4.98 Å². The molecule has 22 heavy (non-hydrogen) atoms. The van der Waals surface area contributed by atoms with Gasteiger partial charge in [0.25, 0.3) is 0 Å². The lowest BCUT2D eigenvalue weighted by Gasteiger charge is -2.12. The molecular weight excluding hydrogens is 302 g/mol. The number of hydrogen-bond acceptors (Lipinski definition) is 5. The molecule has 0 aliphatic carbocycles. The molecule has 0 saturated carbocycles. The predicted molar refractivity (Wildman–Crippen MR) is 84.6 cm³/mol. The van der Waals surface area contributed by atoms with Gasteiger partial charge >= 0.3 is 0 Å². The van der Waals surface area contributed by atoms with Crippen LogP contribution in [0.3, 0.4) is 0 Å². The molecule has 2 aromatic rings. The maximum absolute atomic E-state index is 12.1. The van der Waals surface area contributed by atoms with Crippen LogP contribution in [0.25, 0.3) is 0 Å². The van der Waals surface area contributed by atoms with Crippen LogP contribution in [0.15, 0.2) is 41.5 Å². The van der Waals surface area contributed by atoms with Crippen molar-refractivity contribution in [3.8, 4) is 5.75 Å². The molecule has 0 fully saturated rings. The zero-order valence-corrected chi connectivity index (χ0v) is 12.7. The fourth-order valence-electron chi connectivity index (χ4n) is 2.44. The van der Waals surface area contributed by atoms with E-state index in [0.717, 1.165) is 11.1 Å². The summed E-state index contributed by atoms with van der Waals surface area (Å²) in [6, 6.07) is 9.04. The molecule has 0 amide bonds. The number of fused-ring (bicyclic) bond motifs is 1. The van der Waals surface area contributed by atoms with Gasteiger partial charge in [-0.2, -0.15) is 0 Å². The summed E-state index contributed by atoms with van der Waals surface area (Å²) in [5.74, 6) is 0.483. The number of halogens is 1. The second-order valence-corrected chi connectivity index (χ2v) is 5.35. The average molecular weight is 316 g/mol. The van der Waals surface area contributed by atoms with Gasteiger partial charge < -0.3 is 10.5 Å². The van der Waals surface area contributed by atoms with Crippen LogP contribution >= 0.6 is 11.6 Å². The van der Waals surface area contributed by atoms with Gasteiger partial charge in [0.2, 0.25) is 0 Å². The third kappa shape index (κ3) is 2.61. The highest BCUT2D eigenvalue weighted by molar-refractivity contribution is 6.30. The van der Waals surface area contributed by atoms with Crippen molar-refractivity contribution in [2.45, 2.75) is 12.6 Å². The van der Waals surface area contributed by atoms with Crippen molar-refractivity contribution in [3.63, 3.8) is 0 Å². The molecule has 0 bridgehead atoms. The van der Waals surface area contributed by atoms with Crippen LogP contribution < -0.4 is 10.5 Å². The van der Waals surface area contributed by atoms with E-state index in [1.807, 2.05) is 18.2 Å². The lowest BCUT2D eigenvalue weighted by molar-refractivity contribution is -0.119. The summed E-state index contributed by atoms with van der Waals surface area (Å²) in [7, 11) is 1.57. The number of aromatic nitrogens is 1. The molecule has 0 radical (unpaired) electrons. The van der Waals surface area contributed by atoms with E-state index in [2.05, 4.69) is 9.98 Å². The van der Waals surface area contributed by atoms with Gasteiger partial charge in [-0.1, -0.05) is 23.7 Å². The first-order valence-electron chi connectivity index (χ1n) is 6.74. The van der Waals surface area contributed by atoms with E-state index in [1.165, 1.54) is 6.20 Å². The van der Waals surface area contributed by atoms with Crippen molar-refractivity contribution < 1.29 is 9.53 Å². The minimum atomic E-state index is -0.912. The van der Waals surface area contributed by atoms with Crippen LogP contribution in [-0.2, 0) is 11.2 Å². The van der Waals surface area contributed by atoms with E-state index < -0.39 is 6.17 Å². The molecule has 1 aromatic heterocycles. The third-order valence-electron chi connectivity index (χ3n) is 3.53. The number of methoxy groups -OCH3 is 1. The van der Waals surface area contributed by atoms with Crippen LogP contribution in [0.4, 0.5) is 0 Å². The van der Waals surface area contributed by atoms with E-state index in [1.54, 1.807) is 19.2 Å². The molecule has 5 nitrogen and oxygen atoms in total. The van der Waals surface area contributed by atoms with Crippen molar-refractivity contribution in [2.75, 3.05) is 7.11 Å². The Morgan fingerprint density at radius 3 is 2.82 bits per heavy atom. The fourth-order valence-corrected chi connectivity index (χ4v) is 2.55. The average Bonchev–Trinajstić information content (AvgIpc) is 2.65. The quantitative estimate of drug-likeness (QED) is 0.919. The Kier molecular flexibility index (Phi) is 3.92. The summed E-state index contributed by atoms with van der Waals surface area (Å²) in [5.41, 5.74) is 8.64. The Bertz CT molecular complexity index is 756. The molecular formula is C16H14ClN3O2. The zero-order valence-electron chi connectivity index (χ0n) is 11.9. The Balaban J connectivity index is 2.22. The second kappa shape index (κ2) is 5.87. The predicted octanol–water partition coefficient (Wildman–Crippen LogP) is 1.99. The highest BCUT2D eigenvalue weighted by atomic mass is 35.5.